The van der Waals surface area contributed by atoms with Crippen LogP contribution in [-0.2, 0) is 17.4 Å². The van der Waals surface area contributed by atoms with Gasteiger partial charge in [0.25, 0.3) is 5.91 Å². The van der Waals surface area contributed by atoms with Crippen LogP contribution in [0.25, 0.3) is 0 Å². The predicted octanol–water partition coefficient (Wildman–Crippen LogP) is 3.51. The highest BCUT2D eigenvalue weighted by molar-refractivity contribution is 5.92. The summed E-state index contributed by atoms with van der Waals surface area (Å²) in [5.74, 6) is -0.376. The van der Waals surface area contributed by atoms with Gasteiger partial charge in [-0.15, -0.1) is 0 Å². The van der Waals surface area contributed by atoms with Gasteiger partial charge in [0.1, 0.15) is 17.3 Å². The Hall–Kier alpha value is -2.77. The van der Waals surface area contributed by atoms with E-state index in [9.17, 15) is 22.8 Å². The molecule has 0 unspecified atom stereocenters. The van der Waals surface area contributed by atoms with Gasteiger partial charge in [-0.1, -0.05) is 19.1 Å². The SMILES string of the molecule is CCC(=O)Cc1nccc(C(=O)N[C@H](C)c2cccc(C(F)(F)F)c2)n1. The number of Topliss-reactive ketones (excluding diaryl/α,β-unsaturated/α-hetero) is 1. The van der Waals surface area contributed by atoms with Crippen molar-refractivity contribution in [2.45, 2.75) is 38.9 Å². The largest absolute Gasteiger partial charge is 0.416 e. The van der Waals surface area contributed by atoms with Crippen LogP contribution in [0.5, 0.6) is 0 Å². The lowest BCUT2D eigenvalue weighted by molar-refractivity contribution is -0.137. The molecule has 0 fully saturated rings. The second kappa shape index (κ2) is 8.07. The first-order valence-corrected chi connectivity index (χ1v) is 8.02. The maximum atomic E-state index is 12.8. The molecule has 0 aliphatic carbocycles. The van der Waals surface area contributed by atoms with Crippen molar-refractivity contribution in [3.63, 3.8) is 0 Å². The molecule has 0 aliphatic heterocycles. The molecule has 1 aromatic heterocycles. The number of carbonyl (C=O) groups is 2. The Kier molecular flexibility index (Phi) is 6.07. The first-order valence-electron chi connectivity index (χ1n) is 8.02. The molecular formula is C18H18F3N3O2. The summed E-state index contributed by atoms with van der Waals surface area (Å²) in [7, 11) is 0. The minimum absolute atomic E-state index is 0.0286. The zero-order valence-corrected chi connectivity index (χ0v) is 14.3. The molecule has 2 rings (SSSR count). The lowest BCUT2D eigenvalue weighted by atomic mass is 10.0. The summed E-state index contributed by atoms with van der Waals surface area (Å²) in [5, 5.41) is 2.60. The fourth-order valence-electron chi connectivity index (χ4n) is 2.25. The van der Waals surface area contributed by atoms with E-state index in [0.29, 0.717) is 12.0 Å². The van der Waals surface area contributed by atoms with Crippen molar-refractivity contribution in [2.75, 3.05) is 0 Å². The van der Waals surface area contributed by atoms with Gasteiger partial charge in [-0.2, -0.15) is 13.2 Å². The van der Waals surface area contributed by atoms with Gasteiger partial charge in [0, 0.05) is 12.6 Å². The number of ketones is 1. The Morgan fingerprint density at radius 2 is 1.96 bits per heavy atom. The summed E-state index contributed by atoms with van der Waals surface area (Å²) < 4.78 is 38.4. The smallest absolute Gasteiger partial charge is 0.344 e. The highest BCUT2D eigenvalue weighted by Crippen LogP contribution is 2.30. The van der Waals surface area contributed by atoms with Crippen LogP contribution in [-0.4, -0.2) is 21.7 Å². The quantitative estimate of drug-likeness (QED) is 0.850. The van der Waals surface area contributed by atoms with E-state index in [0.717, 1.165) is 12.1 Å². The lowest BCUT2D eigenvalue weighted by Gasteiger charge is -2.16. The van der Waals surface area contributed by atoms with E-state index in [-0.39, 0.29) is 23.7 Å². The molecule has 1 aromatic carbocycles. The second-order valence-electron chi connectivity index (χ2n) is 5.75. The molecule has 5 nitrogen and oxygen atoms in total. The van der Waals surface area contributed by atoms with E-state index in [2.05, 4.69) is 15.3 Å². The zero-order chi connectivity index (χ0) is 19.3. The molecule has 1 heterocycles. The fraction of sp³-hybridized carbons (Fsp3) is 0.333. The molecule has 26 heavy (non-hydrogen) atoms. The number of nitrogens with zero attached hydrogens (tertiary/aromatic N) is 2. The fourth-order valence-corrected chi connectivity index (χ4v) is 2.25. The molecule has 1 atom stereocenters. The van der Waals surface area contributed by atoms with Crippen LogP contribution in [0.1, 0.15) is 53.7 Å². The molecule has 0 spiro atoms. The minimum atomic E-state index is -4.45. The normalized spacial score (nSPS) is 12.5. The number of hydrogen-bond acceptors (Lipinski definition) is 4. The molecule has 0 bridgehead atoms. The number of rotatable bonds is 6. The van der Waals surface area contributed by atoms with Crippen molar-refractivity contribution in [1.82, 2.24) is 15.3 Å². The van der Waals surface area contributed by atoms with Gasteiger partial charge in [0.15, 0.2) is 0 Å². The molecule has 8 heteroatoms. The van der Waals surface area contributed by atoms with Crippen molar-refractivity contribution in [2.24, 2.45) is 0 Å². The highest BCUT2D eigenvalue weighted by Gasteiger charge is 2.30. The Morgan fingerprint density at radius 3 is 2.62 bits per heavy atom. The summed E-state index contributed by atoms with van der Waals surface area (Å²) in [5.41, 5.74) is -0.403. The predicted molar refractivity (Wildman–Crippen MR) is 88.4 cm³/mol. The van der Waals surface area contributed by atoms with Gasteiger partial charge in [0.05, 0.1) is 18.0 Å². The molecule has 0 aliphatic rings. The number of alkyl halides is 3. The molecule has 0 saturated heterocycles. The van der Waals surface area contributed by atoms with Crippen LogP contribution in [0.2, 0.25) is 0 Å². The van der Waals surface area contributed by atoms with E-state index in [4.69, 9.17) is 0 Å². The maximum absolute atomic E-state index is 12.8. The molecular weight excluding hydrogens is 347 g/mol. The first-order chi connectivity index (χ1) is 12.2. The van der Waals surface area contributed by atoms with Crippen molar-refractivity contribution < 1.29 is 22.8 Å². The van der Waals surface area contributed by atoms with Gasteiger partial charge in [-0.25, -0.2) is 9.97 Å². The third-order valence-electron chi connectivity index (χ3n) is 3.75. The summed E-state index contributed by atoms with van der Waals surface area (Å²) in [6, 6.07) is 5.50. The van der Waals surface area contributed by atoms with Gasteiger partial charge >= 0.3 is 6.18 Å². The van der Waals surface area contributed by atoms with E-state index in [1.807, 2.05) is 0 Å². The molecule has 0 saturated carbocycles. The average molecular weight is 365 g/mol. The summed E-state index contributed by atoms with van der Waals surface area (Å²) >= 11 is 0. The van der Waals surface area contributed by atoms with Crippen molar-refractivity contribution >= 4 is 11.7 Å². The zero-order valence-electron chi connectivity index (χ0n) is 14.3. The van der Waals surface area contributed by atoms with Gasteiger partial charge in [-0.05, 0) is 30.7 Å². The molecule has 0 radical (unpaired) electrons. The van der Waals surface area contributed by atoms with Crippen molar-refractivity contribution in [1.29, 1.82) is 0 Å². The summed E-state index contributed by atoms with van der Waals surface area (Å²) in [4.78, 5) is 31.8. The molecule has 138 valence electrons. The molecule has 1 amide bonds. The number of hydrogen-bond donors (Lipinski definition) is 1. The number of benzene rings is 1. The Balaban J connectivity index is 2.12. The average Bonchev–Trinajstić information content (AvgIpc) is 2.61. The highest BCUT2D eigenvalue weighted by atomic mass is 19.4. The van der Waals surface area contributed by atoms with Crippen LogP contribution in [0.15, 0.2) is 36.5 Å². The van der Waals surface area contributed by atoms with Gasteiger partial charge in [-0.3, -0.25) is 9.59 Å². The minimum Gasteiger partial charge on any atom is -0.344 e. The lowest BCUT2D eigenvalue weighted by Crippen LogP contribution is -2.28. The standard InChI is InChI=1S/C18H18F3N3O2/c1-3-14(25)10-16-22-8-7-15(24-16)17(26)23-11(2)12-5-4-6-13(9-12)18(19,20)21/h4-9,11H,3,10H2,1-2H3,(H,23,26)/t11-/m1/s1. The Labute approximate surface area is 148 Å². The second-order valence-corrected chi connectivity index (χ2v) is 5.75. The van der Waals surface area contributed by atoms with E-state index >= 15 is 0 Å². The number of halogens is 3. The summed E-state index contributed by atoms with van der Waals surface area (Å²) in [6.45, 7) is 3.30. The number of nitrogens with one attached hydrogen (secondary N) is 1. The van der Waals surface area contributed by atoms with Crippen molar-refractivity contribution in [3.05, 3.63) is 59.2 Å². The van der Waals surface area contributed by atoms with E-state index < -0.39 is 23.7 Å². The van der Waals surface area contributed by atoms with Gasteiger partial charge < -0.3 is 5.32 Å². The van der Waals surface area contributed by atoms with Crippen LogP contribution in [0, 0.1) is 0 Å². The van der Waals surface area contributed by atoms with Crippen molar-refractivity contribution in [3.8, 4) is 0 Å². The van der Waals surface area contributed by atoms with Crippen LogP contribution in [0.4, 0.5) is 13.2 Å². The maximum Gasteiger partial charge on any atom is 0.416 e. The van der Waals surface area contributed by atoms with E-state index in [1.165, 1.54) is 24.4 Å². The number of carbonyl (C=O) groups excluding carboxylic acids is 2. The number of amides is 1. The van der Waals surface area contributed by atoms with Crippen LogP contribution < -0.4 is 5.32 Å². The Bertz CT molecular complexity index is 806. The summed E-state index contributed by atoms with van der Waals surface area (Å²) in [6.07, 6.45) is -2.71. The van der Waals surface area contributed by atoms with Crippen LogP contribution >= 0.6 is 0 Å². The molecule has 2 aromatic rings. The first kappa shape index (κ1) is 19.6. The molecule has 1 N–H and O–H groups in total. The third-order valence-corrected chi connectivity index (χ3v) is 3.75. The van der Waals surface area contributed by atoms with Gasteiger partial charge in [0.2, 0.25) is 0 Å². The topological polar surface area (TPSA) is 72.0 Å². The van der Waals surface area contributed by atoms with Crippen LogP contribution in [0.3, 0.4) is 0 Å². The third kappa shape index (κ3) is 5.11. The Morgan fingerprint density at radius 1 is 1.23 bits per heavy atom. The monoisotopic (exact) mass is 365 g/mol. The van der Waals surface area contributed by atoms with E-state index in [1.54, 1.807) is 13.8 Å². The number of aromatic nitrogens is 2.